The molecule has 118 valence electrons. The molecule has 5 nitrogen and oxygen atoms in total. The van der Waals surface area contributed by atoms with Crippen LogP contribution in [-0.2, 0) is 11.4 Å². The van der Waals surface area contributed by atoms with Gasteiger partial charge in [-0.25, -0.2) is 0 Å². The van der Waals surface area contributed by atoms with E-state index in [9.17, 15) is 4.79 Å². The van der Waals surface area contributed by atoms with Crippen molar-refractivity contribution in [3.8, 4) is 5.75 Å². The lowest BCUT2D eigenvalue weighted by molar-refractivity contribution is -0.138. The van der Waals surface area contributed by atoms with Crippen molar-refractivity contribution in [2.75, 3.05) is 0 Å². The Morgan fingerprint density at radius 3 is 2.78 bits per heavy atom. The Labute approximate surface area is 134 Å². The van der Waals surface area contributed by atoms with Crippen molar-refractivity contribution in [2.45, 2.75) is 25.0 Å². The van der Waals surface area contributed by atoms with Gasteiger partial charge >= 0.3 is 5.97 Å². The van der Waals surface area contributed by atoms with Crippen LogP contribution in [0.15, 0.2) is 53.5 Å². The molecule has 0 spiro atoms. The molecule has 2 aromatic rings. The second-order valence-electron chi connectivity index (χ2n) is 5.56. The molecule has 0 amide bonds. The van der Waals surface area contributed by atoms with Crippen molar-refractivity contribution < 1.29 is 14.6 Å². The van der Waals surface area contributed by atoms with Gasteiger partial charge in [-0.1, -0.05) is 30.3 Å². The van der Waals surface area contributed by atoms with E-state index in [1.807, 2.05) is 48.5 Å². The maximum absolute atomic E-state index is 10.9. The summed E-state index contributed by atoms with van der Waals surface area (Å²) in [5.74, 6) is -0.341. The van der Waals surface area contributed by atoms with Gasteiger partial charge < -0.3 is 15.6 Å². The van der Waals surface area contributed by atoms with Crippen LogP contribution in [0.25, 0.3) is 0 Å². The molecule has 5 heteroatoms. The Morgan fingerprint density at radius 1 is 1.26 bits per heavy atom. The second kappa shape index (κ2) is 6.62. The largest absolute Gasteiger partial charge is 0.489 e. The Bertz CT molecular complexity index is 728. The fourth-order valence-electron chi connectivity index (χ4n) is 2.59. The molecule has 1 heterocycles. The van der Waals surface area contributed by atoms with Crippen LogP contribution in [0.1, 0.15) is 23.5 Å². The van der Waals surface area contributed by atoms with Crippen LogP contribution < -0.4 is 10.5 Å². The van der Waals surface area contributed by atoms with Gasteiger partial charge in [-0.2, -0.15) is 0 Å². The number of aliphatic imine (C=N–C) groups is 1. The fraction of sp³-hybridized carbons (Fsp3) is 0.222. The molecule has 0 saturated carbocycles. The third-order valence-corrected chi connectivity index (χ3v) is 3.87. The van der Waals surface area contributed by atoms with Crippen molar-refractivity contribution in [1.82, 2.24) is 0 Å². The van der Waals surface area contributed by atoms with Gasteiger partial charge in [-0.3, -0.25) is 9.79 Å². The highest BCUT2D eigenvalue weighted by atomic mass is 16.5. The predicted octanol–water partition coefficient (Wildman–Crippen LogP) is 2.87. The highest BCUT2D eigenvalue weighted by Gasteiger charge is 2.24. The first kappa shape index (κ1) is 15.2. The molecule has 0 radical (unpaired) electrons. The third-order valence-electron chi connectivity index (χ3n) is 3.87. The first-order chi connectivity index (χ1) is 11.1. The van der Waals surface area contributed by atoms with E-state index < -0.39 is 12.0 Å². The van der Waals surface area contributed by atoms with Crippen LogP contribution in [0.5, 0.6) is 5.75 Å². The zero-order valence-electron chi connectivity index (χ0n) is 12.6. The molecule has 23 heavy (non-hydrogen) atoms. The van der Waals surface area contributed by atoms with Crippen LogP contribution in [0.2, 0.25) is 0 Å². The number of nitrogens with zero attached hydrogens (tertiary/aromatic N) is 1. The molecular weight excluding hydrogens is 292 g/mol. The van der Waals surface area contributed by atoms with Crippen molar-refractivity contribution in [3.05, 3.63) is 59.7 Å². The Morgan fingerprint density at radius 2 is 2.04 bits per heavy atom. The van der Waals surface area contributed by atoms with Gasteiger partial charge in [0.05, 0.1) is 5.69 Å². The summed E-state index contributed by atoms with van der Waals surface area (Å²) in [7, 11) is 0. The SMILES string of the molecule is N[C@H](C[C@@H]1C=Nc2ccc(OCc3ccccc3)cc21)C(=O)O. The average molecular weight is 310 g/mol. The number of benzene rings is 2. The molecule has 0 aromatic heterocycles. The van der Waals surface area contributed by atoms with E-state index >= 15 is 0 Å². The number of ether oxygens (including phenoxy) is 1. The molecule has 0 fully saturated rings. The molecule has 0 unspecified atom stereocenters. The van der Waals surface area contributed by atoms with E-state index in [2.05, 4.69) is 4.99 Å². The maximum Gasteiger partial charge on any atom is 0.320 e. The summed E-state index contributed by atoms with van der Waals surface area (Å²) in [6.07, 6.45) is 2.09. The van der Waals surface area contributed by atoms with E-state index in [0.29, 0.717) is 13.0 Å². The summed E-state index contributed by atoms with van der Waals surface area (Å²) in [5, 5.41) is 8.96. The Kier molecular flexibility index (Phi) is 4.39. The summed E-state index contributed by atoms with van der Waals surface area (Å²) < 4.78 is 5.81. The molecule has 2 atom stereocenters. The summed E-state index contributed by atoms with van der Waals surface area (Å²) >= 11 is 0. The number of hydrogen-bond acceptors (Lipinski definition) is 4. The lowest BCUT2D eigenvalue weighted by atomic mass is 9.94. The van der Waals surface area contributed by atoms with Gasteiger partial charge in [0.1, 0.15) is 18.4 Å². The molecule has 3 rings (SSSR count). The van der Waals surface area contributed by atoms with Crippen LogP contribution in [-0.4, -0.2) is 23.3 Å². The van der Waals surface area contributed by atoms with E-state index in [1.165, 1.54) is 0 Å². The zero-order valence-corrected chi connectivity index (χ0v) is 12.6. The molecule has 0 saturated heterocycles. The number of nitrogens with two attached hydrogens (primary N) is 1. The lowest BCUT2D eigenvalue weighted by Gasteiger charge is -2.14. The number of carbonyl (C=O) groups is 1. The van der Waals surface area contributed by atoms with E-state index in [1.54, 1.807) is 6.21 Å². The summed E-state index contributed by atoms with van der Waals surface area (Å²) in [6.45, 7) is 0.486. The fourth-order valence-corrected chi connectivity index (χ4v) is 2.59. The van der Waals surface area contributed by atoms with Crippen molar-refractivity contribution in [1.29, 1.82) is 0 Å². The van der Waals surface area contributed by atoms with Gasteiger partial charge in [0.15, 0.2) is 0 Å². The van der Waals surface area contributed by atoms with E-state index in [-0.39, 0.29) is 5.92 Å². The van der Waals surface area contributed by atoms with Gasteiger partial charge in [0, 0.05) is 12.1 Å². The minimum absolute atomic E-state index is 0.0867. The molecule has 1 aliphatic rings. The van der Waals surface area contributed by atoms with E-state index in [0.717, 1.165) is 22.6 Å². The van der Waals surface area contributed by atoms with Crippen molar-refractivity contribution in [2.24, 2.45) is 10.7 Å². The molecule has 0 aliphatic carbocycles. The third kappa shape index (κ3) is 3.57. The number of carboxylic acids is 1. The summed E-state index contributed by atoms with van der Waals surface area (Å²) in [6, 6.07) is 14.7. The molecule has 1 aliphatic heterocycles. The van der Waals surface area contributed by atoms with Gasteiger partial charge in [-0.15, -0.1) is 0 Å². The first-order valence-corrected chi connectivity index (χ1v) is 7.47. The maximum atomic E-state index is 10.9. The molecule has 2 aromatic carbocycles. The monoisotopic (exact) mass is 310 g/mol. The van der Waals surface area contributed by atoms with E-state index in [4.69, 9.17) is 15.6 Å². The van der Waals surface area contributed by atoms with Crippen LogP contribution >= 0.6 is 0 Å². The van der Waals surface area contributed by atoms with Crippen molar-refractivity contribution >= 4 is 17.9 Å². The quantitative estimate of drug-likeness (QED) is 0.859. The number of carboxylic acid groups (broad SMARTS) is 1. The first-order valence-electron chi connectivity index (χ1n) is 7.47. The topological polar surface area (TPSA) is 84.9 Å². The lowest BCUT2D eigenvalue weighted by Crippen LogP contribution is -2.31. The van der Waals surface area contributed by atoms with Gasteiger partial charge in [-0.05, 0) is 35.7 Å². The van der Waals surface area contributed by atoms with Crippen LogP contribution in [0.4, 0.5) is 5.69 Å². The molecule has 3 N–H and O–H groups in total. The van der Waals surface area contributed by atoms with Crippen molar-refractivity contribution in [3.63, 3.8) is 0 Å². The highest BCUT2D eigenvalue weighted by molar-refractivity contribution is 5.82. The second-order valence-corrected chi connectivity index (χ2v) is 5.56. The number of rotatable bonds is 6. The van der Waals surface area contributed by atoms with Crippen LogP contribution in [0.3, 0.4) is 0 Å². The highest BCUT2D eigenvalue weighted by Crippen LogP contribution is 2.37. The molecular formula is C18H18N2O3. The van der Waals surface area contributed by atoms with Gasteiger partial charge in [0.25, 0.3) is 0 Å². The van der Waals surface area contributed by atoms with Crippen LogP contribution in [0, 0.1) is 0 Å². The number of hydrogen-bond donors (Lipinski definition) is 2. The average Bonchev–Trinajstić information content (AvgIpc) is 2.96. The standard InChI is InChI=1S/C18H18N2O3/c19-16(18(21)22)8-13-10-20-17-7-6-14(9-15(13)17)23-11-12-4-2-1-3-5-12/h1-7,9-10,13,16H,8,11,19H2,(H,21,22)/t13-,16-/m1/s1. The Hall–Kier alpha value is -2.66. The zero-order chi connectivity index (χ0) is 16.2. The Balaban J connectivity index is 1.70. The minimum atomic E-state index is -0.997. The number of aliphatic carboxylic acids is 1. The smallest absolute Gasteiger partial charge is 0.320 e. The van der Waals surface area contributed by atoms with Gasteiger partial charge in [0.2, 0.25) is 0 Å². The number of fused-ring (bicyclic) bond motifs is 1. The summed E-state index contributed by atoms with van der Waals surface area (Å²) in [5.41, 5.74) is 8.54. The normalized spacial score (nSPS) is 16.8. The summed E-state index contributed by atoms with van der Waals surface area (Å²) in [4.78, 5) is 15.3. The predicted molar refractivity (Wildman–Crippen MR) is 88.3 cm³/mol. The molecule has 0 bridgehead atoms. The minimum Gasteiger partial charge on any atom is -0.489 e.